The van der Waals surface area contributed by atoms with Crippen molar-refractivity contribution in [3.05, 3.63) is 58.0 Å². The lowest BCUT2D eigenvalue weighted by atomic mass is 9.84. The number of halogens is 8. The number of carbonyl (C=O) groups excluding carboxylic acids is 1. The van der Waals surface area contributed by atoms with Crippen LogP contribution >= 0.6 is 11.6 Å². The Morgan fingerprint density at radius 3 is 2.23 bits per heavy atom. The average Bonchev–Trinajstić information content (AvgIpc) is 3.21. The summed E-state index contributed by atoms with van der Waals surface area (Å²) in [7, 11) is 0. The molecule has 0 saturated heterocycles. The van der Waals surface area contributed by atoms with E-state index in [0.717, 1.165) is 19.2 Å². The monoisotopic (exact) mass is 523 g/mol. The molecule has 0 aliphatic heterocycles. The number of H-pyrrole nitrogens is 1. The van der Waals surface area contributed by atoms with Crippen LogP contribution in [-0.2, 0) is 10.4 Å². The second kappa shape index (κ2) is 9.14. The van der Waals surface area contributed by atoms with Crippen LogP contribution in [0, 0.1) is 13.8 Å². The van der Waals surface area contributed by atoms with Gasteiger partial charge in [0.25, 0.3) is 0 Å². The predicted octanol–water partition coefficient (Wildman–Crippen LogP) is 6.88. The van der Waals surface area contributed by atoms with Crippen molar-refractivity contribution in [2.24, 2.45) is 0 Å². The fourth-order valence-corrected chi connectivity index (χ4v) is 4.06. The predicted molar refractivity (Wildman–Crippen MR) is 113 cm³/mol. The average molecular weight is 524 g/mol. The molecule has 0 amide bonds. The molecular formula is C22H17ClF7N3O2. The molecular weight excluding hydrogens is 507 g/mol. The van der Waals surface area contributed by atoms with Crippen LogP contribution in [0.3, 0.4) is 0 Å². The molecule has 0 spiro atoms. The molecule has 2 aromatic heterocycles. The normalized spacial score (nSPS) is 12.7. The summed E-state index contributed by atoms with van der Waals surface area (Å²) in [5, 5.41) is 6.17. The lowest BCUT2D eigenvalue weighted by Crippen LogP contribution is -2.50. The summed E-state index contributed by atoms with van der Waals surface area (Å²) in [6.45, 7) is 3.92. The Labute approximate surface area is 199 Å². The van der Waals surface area contributed by atoms with E-state index in [1.807, 2.05) is 0 Å². The number of ether oxygens (including phenoxy) is 1. The lowest BCUT2D eigenvalue weighted by Gasteiger charge is -2.32. The number of benzene rings is 1. The zero-order valence-corrected chi connectivity index (χ0v) is 19.1. The Balaban J connectivity index is 2.33. The van der Waals surface area contributed by atoms with Crippen molar-refractivity contribution in [3.63, 3.8) is 0 Å². The zero-order chi connectivity index (χ0) is 26.3. The van der Waals surface area contributed by atoms with Gasteiger partial charge >= 0.3 is 24.0 Å². The lowest BCUT2D eigenvalue weighted by molar-refractivity contribution is -0.348. The summed E-state index contributed by atoms with van der Waals surface area (Å²) in [5.74, 6) is -0.861. The number of rotatable bonds is 5. The summed E-state index contributed by atoms with van der Waals surface area (Å²) in [4.78, 5) is 16.3. The minimum atomic E-state index is -6.28. The minimum absolute atomic E-state index is 0.00689. The van der Waals surface area contributed by atoms with Gasteiger partial charge in [0.15, 0.2) is 0 Å². The van der Waals surface area contributed by atoms with Gasteiger partial charge < -0.3 is 4.74 Å². The molecule has 13 heteroatoms. The number of nitrogens with zero attached hydrogens (tertiary/aromatic N) is 2. The Bertz CT molecular complexity index is 1250. The summed E-state index contributed by atoms with van der Waals surface area (Å²) < 4.78 is 101. The standard InChI is InChI=1S/C22H17ClF7N3O2/c1-4-35-19(34)16-12(7-8-31-18(16)23)17-13(9-32-33-17)15-10(2)5-6-14(11(15)3)20(24,21(25,26)27)22(28,29)30/h5-9H,4H2,1-3H3,(H,32,33). The maximum absolute atomic E-state index is 14.9. The highest BCUT2D eigenvalue weighted by molar-refractivity contribution is 6.33. The van der Waals surface area contributed by atoms with E-state index in [1.165, 1.54) is 19.2 Å². The van der Waals surface area contributed by atoms with E-state index in [4.69, 9.17) is 16.3 Å². The molecule has 1 N–H and O–H groups in total. The molecule has 0 unspecified atom stereocenters. The van der Waals surface area contributed by atoms with Crippen LogP contribution < -0.4 is 0 Å². The third-order valence-corrected chi connectivity index (χ3v) is 5.67. The highest BCUT2D eigenvalue weighted by atomic mass is 35.5. The number of aryl methyl sites for hydroxylation is 1. The Hall–Kier alpha value is -3.15. The molecule has 0 saturated carbocycles. The SMILES string of the molecule is CCOC(=O)c1c(-c2[nH]ncc2-c2c(C)ccc(C(F)(C(F)(F)F)C(F)(F)F)c2C)ccnc1Cl. The number of aromatic nitrogens is 3. The highest BCUT2D eigenvalue weighted by Crippen LogP contribution is 2.55. The van der Waals surface area contributed by atoms with Crippen molar-refractivity contribution < 1.29 is 40.3 Å². The van der Waals surface area contributed by atoms with Crippen molar-refractivity contribution in [3.8, 4) is 22.4 Å². The first-order valence-electron chi connectivity index (χ1n) is 9.95. The topological polar surface area (TPSA) is 67.9 Å². The first kappa shape index (κ1) is 26.5. The Morgan fingerprint density at radius 1 is 1.03 bits per heavy atom. The summed E-state index contributed by atoms with van der Waals surface area (Å²) in [6, 6.07) is 2.75. The minimum Gasteiger partial charge on any atom is -0.462 e. The Kier molecular flexibility index (Phi) is 6.91. The number of esters is 1. The summed E-state index contributed by atoms with van der Waals surface area (Å²) >= 11 is 6.08. The number of pyridine rings is 1. The molecule has 0 bridgehead atoms. The Morgan fingerprint density at radius 2 is 1.66 bits per heavy atom. The van der Waals surface area contributed by atoms with Gasteiger partial charge in [-0.05, 0) is 43.5 Å². The molecule has 0 atom stereocenters. The van der Waals surface area contributed by atoms with Crippen LogP contribution in [0.15, 0.2) is 30.6 Å². The van der Waals surface area contributed by atoms with Crippen molar-refractivity contribution in [2.75, 3.05) is 6.61 Å². The fraction of sp³-hybridized carbons (Fsp3) is 0.318. The molecule has 1 aromatic carbocycles. The van der Waals surface area contributed by atoms with E-state index in [0.29, 0.717) is 6.07 Å². The number of nitrogens with one attached hydrogen (secondary N) is 1. The van der Waals surface area contributed by atoms with Gasteiger partial charge in [-0.1, -0.05) is 23.7 Å². The molecule has 0 fully saturated rings. The van der Waals surface area contributed by atoms with Crippen LogP contribution in [-0.4, -0.2) is 40.1 Å². The summed E-state index contributed by atoms with van der Waals surface area (Å²) in [6.07, 6.45) is -10.2. The van der Waals surface area contributed by atoms with Crippen molar-refractivity contribution in [2.45, 2.75) is 38.8 Å². The van der Waals surface area contributed by atoms with Gasteiger partial charge in [0.05, 0.1) is 18.5 Å². The van der Waals surface area contributed by atoms with E-state index in [2.05, 4.69) is 15.2 Å². The largest absolute Gasteiger partial charge is 0.462 e. The van der Waals surface area contributed by atoms with Gasteiger partial charge in [0, 0.05) is 22.9 Å². The number of aromatic amines is 1. The molecule has 0 radical (unpaired) electrons. The maximum Gasteiger partial charge on any atom is 0.435 e. The molecule has 2 heterocycles. The zero-order valence-electron chi connectivity index (χ0n) is 18.3. The quantitative estimate of drug-likeness (QED) is 0.225. The molecule has 35 heavy (non-hydrogen) atoms. The van der Waals surface area contributed by atoms with Crippen LogP contribution in [0.5, 0.6) is 0 Å². The second-order valence-corrected chi connectivity index (χ2v) is 7.85. The van der Waals surface area contributed by atoms with Crippen molar-refractivity contribution >= 4 is 17.6 Å². The first-order valence-corrected chi connectivity index (χ1v) is 10.3. The van der Waals surface area contributed by atoms with E-state index >= 15 is 0 Å². The van der Waals surface area contributed by atoms with Gasteiger partial charge in [0.1, 0.15) is 10.7 Å². The van der Waals surface area contributed by atoms with E-state index in [1.54, 1.807) is 6.92 Å². The third kappa shape index (κ3) is 4.35. The smallest absolute Gasteiger partial charge is 0.435 e. The van der Waals surface area contributed by atoms with Crippen LogP contribution in [0.2, 0.25) is 5.15 Å². The first-order chi connectivity index (χ1) is 16.2. The van der Waals surface area contributed by atoms with Gasteiger partial charge in [-0.2, -0.15) is 31.4 Å². The van der Waals surface area contributed by atoms with Gasteiger partial charge in [-0.25, -0.2) is 14.2 Å². The van der Waals surface area contributed by atoms with E-state index in [9.17, 15) is 35.5 Å². The molecule has 0 aliphatic rings. The van der Waals surface area contributed by atoms with E-state index < -0.39 is 35.1 Å². The molecule has 188 valence electrons. The molecule has 3 rings (SSSR count). The molecule has 3 aromatic rings. The van der Waals surface area contributed by atoms with Gasteiger partial charge in [-0.3, -0.25) is 5.10 Å². The van der Waals surface area contributed by atoms with Gasteiger partial charge in [-0.15, -0.1) is 0 Å². The molecule has 5 nitrogen and oxygen atoms in total. The van der Waals surface area contributed by atoms with Crippen LogP contribution in [0.4, 0.5) is 30.7 Å². The maximum atomic E-state index is 14.9. The molecule has 0 aliphatic carbocycles. The third-order valence-electron chi connectivity index (χ3n) is 5.39. The fourth-order valence-electron chi connectivity index (χ4n) is 3.82. The van der Waals surface area contributed by atoms with Crippen LogP contribution in [0.25, 0.3) is 22.4 Å². The van der Waals surface area contributed by atoms with Crippen molar-refractivity contribution in [1.82, 2.24) is 15.2 Å². The second-order valence-electron chi connectivity index (χ2n) is 7.49. The van der Waals surface area contributed by atoms with Crippen molar-refractivity contribution in [1.29, 1.82) is 0 Å². The number of hydrogen-bond donors (Lipinski definition) is 1. The highest BCUT2D eigenvalue weighted by Gasteiger charge is 2.74. The van der Waals surface area contributed by atoms with Gasteiger partial charge in [0.2, 0.25) is 0 Å². The van der Waals surface area contributed by atoms with E-state index in [-0.39, 0.29) is 45.3 Å². The number of alkyl halides is 7. The number of hydrogen-bond acceptors (Lipinski definition) is 4. The number of carbonyl (C=O) groups is 1. The summed E-state index contributed by atoms with van der Waals surface area (Å²) in [5.41, 5.74) is -7.80. The van der Waals surface area contributed by atoms with Crippen LogP contribution in [0.1, 0.15) is 34.0 Å².